The van der Waals surface area contributed by atoms with Gasteiger partial charge in [-0.2, -0.15) is 0 Å². The number of nitrogens with zero attached hydrogens (tertiary/aromatic N) is 2. The van der Waals surface area contributed by atoms with Crippen LogP contribution in [0.2, 0.25) is 5.02 Å². The van der Waals surface area contributed by atoms with Crippen LogP contribution in [0.15, 0.2) is 95.1 Å². The minimum absolute atomic E-state index is 0.0130. The summed E-state index contributed by atoms with van der Waals surface area (Å²) in [7, 11) is 1.58. The van der Waals surface area contributed by atoms with Crippen LogP contribution in [-0.4, -0.2) is 81.9 Å². The molecule has 5 aromatic rings. The Hall–Kier alpha value is -5.25. The van der Waals surface area contributed by atoms with Crippen molar-refractivity contribution in [1.29, 1.82) is 0 Å². The first-order valence-electron chi connectivity index (χ1n) is 18.9. The summed E-state index contributed by atoms with van der Waals surface area (Å²) in [5, 5.41) is 21.0. The minimum atomic E-state index is -1.05. The second kappa shape index (κ2) is 19.3. The predicted octanol–water partition coefficient (Wildman–Crippen LogP) is 4.85. The Labute approximate surface area is 340 Å². The molecule has 1 aliphatic rings. The zero-order valence-electron chi connectivity index (χ0n) is 31.6. The molecule has 0 unspecified atom stereocenters. The first kappa shape index (κ1) is 41.4. The minimum Gasteiger partial charge on any atom is -0.478 e. The predicted molar refractivity (Wildman–Crippen MR) is 222 cm³/mol. The summed E-state index contributed by atoms with van der Waals surface area (Å²) in [6.07, 6.45) is 5.42. The molecule has 0 saturated heterocycles. The Morgan fingerprint density at radius 2 is 1.67 bits per heavy atom. The van der Waals surface area contributed by atoms with Gasteiger partial charge in [-0.3, -0.25) is 14.4 Å². The van der Waals surface area contributed by atoms with Gasteiger partial charge < -0.3 is 42.4 Å². The number of hydrogen-bond acceptors (Lipinski definition) is 9. The molecule has 3 amide bonds. The van der Waals surface area contributed by atoms with Crippen molar-refractivity contribution in [2.45, 2.75) is 73.2 Å². The van der Waals surface area contributed by atoms with Gasteiger partial charge in [0.25, 0.3) is 0 Å². The lowest BCUT2D eigenvalue weighted by atomic mass is 9.98. The average Bonchev–Trinajstić information content (AvgIpc) is 3.63. The number of carboxylic acid groups (broad SMARTS) is 1. The fourth-order valence-corrected chi connectivity index (χ4v) is 8.38. The van der Waals surface area contributed by atoms with E-state index < -0.39 is 35.9 Å². The van der Waals surface area contributed by atoms with Crippen molar-refractivity contribution in [1.82, 2.24) is 30.8 Å². The van der Waals surface area contributed by atoms with Gasteiger partial charge in [0.15, 0.2) is 0 Å². The van der Waals surface area contributed by atoms with Crippen LogP contribution in [0.25, 0.3) is 22.0 Å². The summed E-state index contributed by atoms with van der Waals surface area (Å²) in [5.74, 6) is -2.26. The van der Waals surface area contributed by atoms with E-state index in [4.69, 9.17) is 28.1 Å². The van der Waals surface area contributed by atoms with Gasteiger partial charge >= 0.3 is 5.97 Å². The standard InChI is InChI=1S/C42H47ClN8O5S/c1-51-36(21-28-23-47-33-9-3-2-8-30(28)33)39(53)49-24-31-29(25-12-14-26(15-13-25)42(55)56)16-17-32(43)37(31)57-40-27(7-6-20-46-40)22-48-34(10-4-18-44)38(52)50-35(41(51)54)11-5-19-45/h2-3,6-9,12-17,20,23,34-36,47-48H,4-5,10-11,18-19,21-22,24,44-45H2,1H3,(H,49,53)(H,50,52)(H,55,56)/t34-,35-,36-/m0/s1. The van der Waals surface area contributed by atoms with E-state index in [0.717, 1.165) is 27.6 Å². The molecular weight excluding hydrogens is 764 g/mol. The molecule has 298 valence electrons. The molecule has 9 N–H and O–H groups in total. The zero-order chi connectivity index (χ0) is 40.5. The highest BCUT2D eigenvalue weighted by atomic mass is 35.5. The van der Waals surface area contributed by atoms with Gasteiger partial charge in [-0.05, 0) is 96.9 Å². The topological polar surface area (TPSA) is 209 Å². The monoisotopic (exact) mass is 810 g/mol. The maximum atomic E-state index is 14.6. The number of hydrogen-bond donors (Lipinski definition) is 7. The van der Waals surface area contributed by atoms with E-state index in [1.807, 2.05) is 48.7 Å². The largest absolute Gasteiger partial charge is 0.478 e. The summed E-state index contributed by atoms with van der Waals surface area (Å²) < 4.78 is 0. The first-order valence-corrected chi connectivity index (χ1v) is 20.1. The summed E-state index contributed by atoms with van der Waals surface area (Å²) in [4.78, 5) is 64.9. The number of aromatic amines is 1. The van der Waals surface area contributed by atoms with E-state index in [2.05, 4.69) is 20.9 Å². The molecule has 15 heteroatoms. The number of halogens is 1. The summed E-state index contributed by atoms with van der Waals surface area (Å²) in [6.45, 7) is 0.965. The van der Waals surface area contributed by atoms with E-state index in [1.54, 1.807) is 31.4 Å². The highest BCUT2D eigenvalue weighted by Crippen LogP contribution is 2.41. The van der Waals surface area contributed by atoms with Gasteiger partial charge in [0.05, 0.1) is 16.6 Å². The number of likely N-dealkylation sites (N-methyl/N-ethyl adjacent to an activating group) is 1. The molecule has 0 saturated carbocycles. The lowest BCUT2D eigenvalue weighted by molar-refractivity contribution is -0.142. The summed E-state index contributed by atoms with van der Waals surface area (Å²) in [6, 6.07) is 18.9. The van der Waals surface area contributed by atoms with Gasteiger partial charge in [0.2, 0.25) is 17.7 Å². The Morgan fingerprint density at radius 1 is 0.930 bits per heavy atom. The molecule has 3 atom stereocenters. The smallest absolute Gasteiger partial charge is 0.335 e. The molecule has 0 spiro atoms. The normalized spacial score (nSPS) is 18.4. The molecule has 3 aromatic carbocycles. The Bertz CT molecular complexity index is 2230. The molecule has 0 fully saturated rings. The molecule has 3 heterocycles. The Balaban J connectivity index is 1.48. The molecule has 6 rings (SSSR count). The second-order valence-corrected chi connectivity index (χ2v) is 15.4. The molecule has 0 radical (unpaired) electrons. The molecule has 0 bridgehead atoms. The molecular formula is C42H47ClN8O5S. The van der Waals surface area contributed by atoms with Crippen molar-refractivity contribution in [2.75, 3.05) is 20.1 Å². The van der Waals surface area contributed by atoms with E-state index in [0.29, 0.717) is 58.4 Å². The number of nitrogens with one attached hydrogen (secondary N) is 4. The fraction of sp³-hybridized carbons (Fsp3) is 0.310. The van der Waals surface area contributed by atoms with Crippen LogP contribution >= 0.6 is 23.4 Å². The summed E-state index contributed by atoms with van der Waals surface area (Å²) in [5.41, 5.74) is 16.6. The molecule has 13 nitrogen and oxygen atoms in total. The number of pyridine rings is 1. The molecule has 2 aromatic heterocycles. The number of carbonyl (C=O) groups is 4. The molecule has 0 aliphatic carbocycles. The van der Waals surface area contributed by atoms with E-state index in [1.165, 1.54) is 28.8 Å². The number of benzene rings is 3. The number of aromatic nitrogens is 2. The quantitative estimate of drug-likeness (QED) is 0.102. The lowest BCUT2D eigenvalue weighted by Gasteiger charge is -2.32. The van der Waals surface area contributed by atoms with E-state index in [9.17, 15) is 24.3 Å². The average molecular weight is 811 g/mol. The van der Waals surface area contributed by atoms with Gasteiger partial charge in [0, 0.05) is 54.8 Å². The zero-order valence-corrected chi connectivity index (χ0v) is 33.2. The number of aromatic carboxylic acids is 1. The van der Waals surface area contributed by atoms with Gasteiger partial charge in [-0.1, -0.05) is 65.8 Å². The van der Waals surface area contributed by atoms with Gasteiger partial charge in [0.1, 0.15) is 17.1 Å². The summed E-state index contributed by atoms with van der Waals surface area (Å²) >= 11 is 8.32. The van der Waals surface area contributed by atoms with Crippen molar-refractivity contribution in [3.63, 3.8) is 0 Å². The van der Waals surface area contributed by atoms with Crippen LogP contribution in [0.3, 0.4) is 0 Å². The lowest BCUT2D eigenvalue weighted by Crippen LogP contribution is -2.57. The van der Waals surface area contributed by atoms with Crippen molar-refractivity contribution in [3.8, 4) is 11.1 Å². The van der Waals surface area contributed by atoms with Crippen molar-refractivity contribution in [2.24, 2.45) is 11.5 Å². The van der Waals surface area contributed by atoms with Crippen molar-refractivity contribution < 1.29 is 24.3 Å². The number of carbonyl (C=O) groups excluding carboxylic acids is 3. The van der Waals surface area contributed by atoms with E-state index in [-0.39, 0.29) is 37.4 Å². The van der Waals surface area contributed by atoms with Crippen molar-refractivity contribution in [3.05, 3.63) is 112 Å². The molecule has 57 heavy (non-hydrogen) atoms. The molecule has 1 aliphatic heterocycles. The van der Waals surface area contributed by atoms with Crippen LogP contribution in [-0.2, 0) is 33.9 Å². The third-order valence-electron chi connectivity index (χ3n) is 10.2. The van der Waals surface area contributed by atoms with Gasteiger partial charge in [-0.15, -0.1) is 0 Å². The highest BCUT2D eigenvalue weighted by Gasteiger charge is 2.34. The second-order valence-electron chi connectivity index (χ2n) is 14.0. The third kappa shape index (κ3) is 9.83. The Kier molecular flexibility index (Phi) is 14.0. The fourth-order valence-electron chi connectivity index (χ4n) is 7.03. The van der Waals surface area contributed by atoms with Crippen LogP contribution in [0.1, 0.15) is 52.7 Å². The number of carboxylic acids is 1. The Morgan fingerprint density at radius 3 is 2.40 bits per heavy atom. The number of fused-ring (bicyclic) bond motifs is 3. The SMILES string of the molecule is CN1C(=O)[C@H](CCCN)NC(=O)[C@H](CCCN)NCc2cccnc2Sc2c(Cl)ccc(-c3ccc(C(=O)O)cc3)c2CNC(=O)[C@@H]1Cc1c[nH]c2ccccc12. The number of para-hydroxylation sites is 1. The maximum absolute atomic E-state index is 14.6. The van der Waals surface area contributed by atoms with Crippen LogP contribution in [0.4, 0.5) is 0 Å². The number of nitrogens with two attached hydrogens (primary N) is 2. The van der Waals surface area contributed by atoms with Crippen LogP contribution in [0, 0.1) is 0 Å². The van der Waals surface area contributed by atoms with Crippen molar-refractivity contribution >= 4 is 58.0 Å². The first-order chi connectivity index (χ1) is 27.6. The van der Waals surface area contributed by atoms with E-state index >= 15 is 0 Å². The number of rotatable bonds is 10. The number of amides is 3. The maximum Gasteiger partial charge on any atom is 0.335 e. The van der Waals surface area contributed by atoms with Crippen LogP contribution in [0.5, 0.6) is 0 Å². The highest BCUT2D eigenvalue weighted by molar-refractivity contribution is 7.99. The van der Waals surface area contributed by atoms with Crippen LogP contribution < -0.4 is 27.4 Å². The number of H-pyrrole nitrogens is 1. The van der Waals surface area contributed by atoms with Gasteiger partial charge in [-0.25, -0.2) is 9.78 Å². The third-order valence-corrected chi connectivity index (χ3v) is 11.9.